The summed E-state index contributed by atoms with van der Waals surface area (Å²) < 4.78 is 0. The maximum absolute atomic E-state index is 12.6. The van der Waals surface area contributed by atoms with Crippen LogP contribution >= 0.6 is 0 Å². The minimum Gasteiger partial charge on any atom is -0.379 e. The number of nitrogens with one attached hydrogen (secondary N) is 1. The van der Waals surface area contributed by atoms with Crippen molar-refractivity contribution in [3.63, 3.8) is 0 Å². The lowest BCUT2D eigenvalue weighted by Crippen LogP contribution is -2.35. The zero-order chi connectivity index (χ0) is 19.1. The summed E-state index contributed by atoms with van der Waals surface area (Å²) in [5.74, 6) is 0.120. The van der Waals surface area contributed by atoms with E-state index >= 15 is 0 Å². The zero-order valence-corrected chi connectivity index (χ0v) is 15.4. The van der Waals surface area contributed by atoms with Gasteiger partial charge in [-0.3, -0.25) is 14.9 Å². The second kappa shape index (κ2) is 9.16. The average Bonchev–Trinajstić information content (AvgIpc) is 2.72. The highest BCUT2D eigenvalue weighted by atomic mass is 16.6. The van der Waals surface area contributed by atoms with E-state index in [0.717, 1.165) is 49.9 Å². The van der Waals surface area contributed by atoms with Gasteiger partial charge >= 0.3 is 0 Å². The van der Waals surface area contributed by atoms with Gasteiger partial charge in [0.1, 0.15) is 5.69 Å². The van der Waals surface area contributed by atoms with Gasteiger partial charge in [0, 0.05) is 31.3 Å². The monoisotopic (exact) mass is 367 g/mol. The van der Waals surface area contributed by atoms with Gasteiger partial charge in [0.2, 0.25) is 0 Å². The van der Waals surface area contributed by atoms with Gasteiger partial charge in [-0.1, -0.05) is 24.3 Å². The standard InChI is InChI=1S/C21H25N3O3/c25-21(23-14-4-1-5-15-23)18-10-6-8-17(16-18)9-7-13-22-19-11-2-3-12-20(19)24(26)27/h2-3,6,8,10-12,16,22H,1,4-5,7,9,13-15H2. The lowest BCUT2D eigenvalue weighted by molar-refractivity contribution is -0.384. The van der Waals surface area contributed by atoms with Crippen molar-refractivity contribution in [2.75, 3.05) is 25.0 Å². The van der Waals surface area contributed by atoms with Crippen molar-refractivity contribution in [1.29, 1.82) is 0 Å². The molecule has 0 atom stereocenters. The Morgan fingerprint density at radius 3 is 2.63 bits per heavy atom. The Kier molecular flexibility index (Phi) is 6.41. The van der Waals surface area contributed by atoms with Gasteiger partial charge in [-0.15, -0.1) is 0 Å². The van der Waals surface area contributed by atoms with Crippen LogP contribution in [0.3, 0.4) is 0 Å². The lowest BCUT2D eigenvalue weighted by Gasteiger charge is -2.26. The van der Waals surface area contributed by atoms with Crippen LogP contribution in [0.15, 0.2) is 48.5 Å². The number of piperidine rings is 1. The van der Waals surface area contributed by atoms with Crippen molar-refractivity contribution in [1.82, 2.24) is 4.90 Å². The Hall–Kier alpha value is -2.89. The van der Waals surface area contributed by atoms with E-state index in [2.05, 4.69) is 5.32 Å². The Labute approximate surface area is 159 Å². The fraction of sp³-hybridized carbons (Fsp3) is 0.381. The van der Waals surface area contributed by atoms with Gasteiger partial charge in [-0.25, -0.2) is 0 Å². The van der Waals surface area contributed by atoms with Crippen LogP contribution in [-0.2, 0) is 6.42 Å². The number of nitro groups is 1. The quantitative estimate of drug-likeness (QED) is 0.451. The van der Waals surface area contributed by atoms with Crippen LogP contribution in [0.1, 0.15) is 41.6 Å². The molecule has 6 nitrogen and oxygen atoms in total. The van der Waals surface area contributed by atoms with Crippen molar-refractivity contribution < 1.29 is 9.72 Å². The van der Waals surface area contributed by atoms with Crippen LogP contribution < -0.4 is 5.32 Å². The smallest absolute Gasteiger partial charge is 0.292 e. The molecule has 6 heteroatoms. The normalized spacial score (nSPS) is 14.0. The maximum Gasteiger partial charge on any atom is 0.292 e. The van der Waals surface area contributed by atoms with E-state index < -0.39 is 0 Å². The number of carbonyl (C=O) groups is 1. The SMILES string of the molecule is O=C(c1cccc(CCCNc2ccccc2[N+](=O)[O-])c1)N1CCCCC1. The number of amides is 1. The second-order valence-corrected chi connectivity index (χ2v) is 6.86. The molecule has 0 saturated carbocycles. The third-order valence-electron chi connectivity index (χ3n) is 4.88. The van der Waals surface area contributed by atoms with Crippen molar-refractivity contribution in [2.45, 2.75) is 32.1 Å². The van der Waals surface area contributed by atoms with Crippen LogP contribution in [0.5, 0.6) is 0 Å². The molecule has 0 aliphatic carbocycles. The first-order valence-corrected chi connectivity index (χ1v) is 9.50. The van der Waals surface area contributed by atoms with Crippen LogP contribution in [0, 0.1) is 10.1 Å². The topological polar surface area (TPSA) is 75.5 Å². The highest BCUT2D eigenvalue weighted by Crippen LogP contribution is 2.23. The first-order valence-electron chi connectivity index (χ1n) is 9.50. The van der Waals surface area contributed by atoms with Gasteiger partial charge in [0.25, 0.3) is 11.6 Å². The van der Waals surface area contributed by atoms with Crippen LogP contribution in [0.4, 0.5) is 11.4 Å². The fourth-order valence-corrected chi connectivity index (χ4v) is 3.44. The Morgan fingerprint density at radius 2 is 1.85 bits per heavy atom. The fourth-order valence-electron chi connectivity index (χ4n) is 3.44. The lowest BCUT2D eigenvalue weighted by atomic mass is 10.0. The number of nitrogens with zero attached hydrogens (tertiary/aromatic N) is 2. The Balaban J connectivity index is 1.53. The van der Waals surface area contributed by atoms with Crippen molar-refractivity contribution >= 4 is 17.3 Å². The number of hydrogen-bond acceptors (Lipinski definition) is 4. The molecule has 2 aromatic carbocycles. The summed E-state index contributed by atoms with van der Waals surface area (Å²) in [5, 5.41) is 14.2. The van der Waals surface area contributed by atoms with E-state index in [1.165, 1.54) is 12.5 Å². The van der Waals surface area contributed by atoms with Crippen molar-refractivity contribution in [3.05, 3.63) is 69.8 Å². The molecule has 142 valence electrons. The van der Waals surface area contributed by atoms with E-state index in [4.69, 9.17) is 0 Å². The summed E-state index contributed by atoms with van der Waals surface area (Å²) in [4.78, 5) is 25.2. The Bertz CT molecular complexity index is 801. The molecule has 1 aliphatic heterocycles. The molecule has 1 saturated heterocycles. The van der Waals surface area contributed by atoms with Crippen LogP contribution in [0.25, 0.3) is 0 Å². The predicted molar refractivity (Wildman–Crippen MR) is 106 cm³/mol. The van der Waals surface area contributed by atoms with E-state index in [0.29, 0.717) is 12.2 Å². The minimum absolute atomic E-state index is 0.0895. The van der Waals surface area contributed by atoms with E-state index in [1.807, 2.05) is 29.2 Å². The number of aryl methyl sites for hydroxylation is 1. The van der Waals surface area contributed by atoms with Crippen molar-refractivity contribution in [3.8, 4) is 0 Å². The Morgan fingerprint density at radius 1 is 1.07 bits per heavy atom. The van der Waals surface area contributed by atoms with Gasteiger partial charge in [-0.2, -0.15) is 0 Å². The highest BCUT2D eigenvalue weighted by molar-refractivity contribution is 5.94. The summed E-state index contributed by atoms with van der Waals surface area (Å²) in [7, 11) is 0. The molecule has 0 unspecified atom stereocenters. The van der Waals surface area contributed by atoms with Gasteiger partial charge in [-0.05, 0) is 55.9 Å². The number of para-hydroxylation sites is 2. The third-order valence-corrected chi connectivity index (χ3v) is 4.88. The largest absolute Gasteiger partial charge is 0.379 e. The molecule has 0 spiro atoms. The summed E-state index contributed by atoms with van der Waals surface area (Å²) >= 11 is 0. The molecule has 1 amide bonds. The molecular weight excluding hydrogens is 342 g/mol. The average molecular weight is 367 g/mol. The molecule has 0 bridgehead atoms. The van der Waals surface area contributed by atoms with Gasteiger partial charge < -0.3 is 10.2 Å². The predicted octanol–water partition coefficient (Wildman–Crippen LogP) is 4.27. The maximum atomic E-state index is 12.6. The molecule has 1 N–H and O–H groups in total. The number of carbonyl (C=O) groups excluding carboxylic acids is 1. The second-order valence-electron chi connectivity index (χ2n) is 6.86. The first kappa shape index (κ1) is 18.9. The summed E-state index contributed by atoms with van der Waals surface area (Å²) in [6.45, 7) is 2.33. The summed E-state index contributed by atoms with van der Waals surface area (Å²) in [6, 6.07) is 14.5. The zero-order valence-electron chi connectivity index (χ0n) is 15.4. The third kappa shape index (κ3) is 5.06. The molecule has 1 fully saturated rings. The molecule has 2 aromatic rings. The molecule has 0 aromatic heterocycles. The van der Waals surface area contributed by atoms with E-state index in [1.54, 1.807) is 18.2 Å². The van der Waals surface area contributed by atoms with E-state index in [-0.39, 0.29) is 16.5 Å². The number of rotatable bonds is 7. The molecular formula is C21H25N3O3. The number of hydrogen-bond donors (Lipinski definition) is 1. The summed E-state index contributed by atoms with van der Waals surface area (Å²) in [5.41, 5.74) is 2.49. The van der Waals surface area contributed by atoms with E-state index in [9.17, 15) is 14.9 Å². The molecule has 0 radical (unpaired) electrons. The minimum atomic E-state index is -0.377. The van der Waals surface area contributed by atoms with Crippen LogP contribution in [-0.4, -0.2) is 35.4 Å². The molecule has 1 aliphatic rings. The highest BCUT2D eigenvalue weighted by Gasteiger charge is 2.18. The van der Waals surface area contributed by atoms with Gasteiger partial charge in [0.05, 0.1) is 4.92 Å². The first-order chi connectivity index (χ1) is 13.1. The molecule has 3 rings (SSSR count). The number of likely N-dealkylation sites (tertiary alicyclic amines) is 1. The number of benzene rings is 2. The molecule has 1 heterocycles. The van der Waals surface area contributed by atoms with Crippen molar-refractivity contribution in [2.24, 2.45) is 0 Å². The van der Waals surface area contributed by atoms with Gasteiger partial charge in [0.15, 0.2) is 0 Å². The molecule has 27 heavy (non-hydrogen) atoms. The van der Waals surface area contributed by atoms with Crippen LogP contribution in [0.2, 0.25) is 0 Å². The number of anilines is 1. The number of nitro benzene ring substituents is 1. The summed E-state index contributed by atoms with van der Waals surface area (Å²) in [6.07, 6.45) is 5.02.